The molecule has 0 aliphatic heterocycles. The van der Waals surface area contributed by atoms with Gasteiger partial charge in [-0.25, -0.2) is 0 Å². The Hall–Kier alpha value is -1.16. The first-order valence-corrected chi connectivity index (χ1v) is 4.73. The second-order valence-electron chi connectivity index (χ2n) is 3.20. The van der Waals surface area contributed by atoms with E-state index in [2.05, 4.69) is 11.9 Å². The fourth-order valence-corrected chi connectivity index (χ4v) is 0.910. The van der Waals surface area contributed by atoms with Gasteiger partial charge in [-0.2, -0.15) is 0 Å². The van der Waals surface area contributed by atoms with Crippen molar-refractivity contribution in [1.29, 1.82) is 0 Å². The highest BCUT2D eigenvalue weighted by Gasteiger charge is 2.02. The standard InChI is InChI=1S/C10H18N2O2/c1-8(2)9(13)4-3-7-12-10(14)5-6-11/h1,3-7,11H2,2H3,(H,12,14). The van der Waals surface area contributed by atoms with Crippen molar-refractivity contribution in [3.63, 3.8) is 0 Å². The minimum Gasteiger partial charge on any atom is -0.356 e. The molecule has 0 aromatic carbocycles. The number of carbonyl (C=O) groups is 2. The van der Waals surface area contributed by atoms with E-state index in [9.17, 15) is 9.59 Å². The summed E-state index contributed by atoms with van der Waals surface area (Å²) in [5.41, 5.74) is 5.76. The van der Waals surface area contributed by atoms with E-state index in [0.717, 1.165) is 0 Å². The molecule has 4 nitrogen and oxygen atoms in total. The number of nitrogens with two attached hydrogens (primary N) is 1. The summed E-state index contributed by atoms with van der Waals surface area (Å²) >= 11 is 0. The molecule has 0 aromatic rings. The molecule has 0 fully saturated rings. The Morgan fingerprint density at radius 3 is 2.50 bits per heavy atom. The monoisotopic (exact) mass is 198 g/mol. The zero-order valence-corrected chi connectivity index (χ0v) is 8.64. The van der Waals surface area contributed by atoms with E-state index in [1.165, 1.54) is 0 Å². The molecule has 3 N–H and O–H groups in total. The molecular weight excluding hydrogens is 180 g/mol. The SMILES string of the molecule is C=C(C)C(=O)CCCNC(=O)CCN. The molecule has 0 atom stereocenters. The second-order valence-corrected chi connectivity index (χ2v) is 3.20. The highest BCUT2D eigenvalue weighted by molar-refractivity contribution is 5.94. The molecule has 0 rings (SSSR count). The lowest BCUT2D eigenvalue weighted by atomic mass is 10.1. The minimum atomic E-state index is -0.0599. The van der Waals surface area contributed by atoms with Gasteiger partial charge in [0.1, 0.15) is 0 Å². The van der Waals surface area contributed by atoms with Gasteiger partial charge in [-0.3, -0.25) is 9.59 Å². The summed E-state index contributed by atoms with van der Waals surface area (Å²) in [6, 6.07) is 0. The van der Waals surface area contributed by atoms with Gasteiger partial charge in [-0.15, -0.1) is 0 Å². The van der Waals surface area contributed by atoms with Crippen molar-refractivity contribution >= 4 is 11.7 Å². The third-order valence-corrected chi connectivity index (χ3v) is 1.75. The minimum absolute atomic E-state index is 0.0538. The van der Waals surface area contributed by atoms with Crippen LogP contribution >= 0.6 is 0 Å². The number of allylic oxidation sites excluding steroid dienone is 1. The lowest BCUT2D eigenvalue weighted by molar-refractivity contribution is -0.121. The molecule has 0 unspecified atom stereocenters. The van der Waals surface area contributed by atoms with Crippen molar-refractivity contribution in [3.05, 3.63) is 12.2 Å². The molecule has 0 aromatic heterocycles. The van der Waals surface area contributed by atoms with Crippen molar-refractivity contribution in [2.45, 2.75) is 26.2 Å². The van der Waals surface area contributed by atoms with Gasteiger partial charge in [0.25, 0.3) is 0 Å². The Morgan fingerprint density at radius 2 is 2.00 bits per heavy atom. The second kappa shape index (κ2) is 7.26. The number of carbonyl (C=O) groups excluding carboxylic acids is 2. The molecule has 0 bridgehead atoms. The summed E-state index contributed by atoms with van der Waals surface area (Å²) in [7, 11) is 0. The predicted octanol–water partition coefficient (Wildman–Crippen LogP) is 0.377. The molecule has 1 amide bonds. The highest BCUT2D eigenvalue weighted by Crippen LogP contribution is 1.97. The Kier molecular flexibility index (Phi) is 6.66. The predicted molar refractivity (Wildman–Crippen MR) is 55.7 cm³/mol. The van der Waals surface area contributed by atoms with Crippen LogP contribution in [0.3, 0.4) is 0 Å². The Labute approximate surface area is 84.5 Å². The van der Waals surface area contributed by atoms with Crippen LogP contribution in [-0.4, -0.2) is 24.8 Å². The van der Waals surface area contributed by atoms with Crippen LogP contribution in [0.25, 0.3) is 0 Å². The summed E-state index contributed by atoms with van der Waals surface area (Å²) in [6.45, 7) is 6.12. The Bertz CT molecular complexity index is 224. The third-order valence-electron chi connectivity index (χ3n) is 1.75. The van der Waals surface area contributed by atoms with E-state index in [0.29, 0.717) is 37.9 Å². The van der Waals surface area contributed by atoms with Crippen molar-refractivity contribution < 1.29 is 9.59 Å². The van der Waals surface area contributed by atoms with E-state index in [-0.39, 0.29) is 11.7 Å². The number of amides is 1. The van der Waals surface area contributed by atoms with Crippen LogP contribution in [0.4, 0.5) is 0 Å². The van der Waals surface area contributed by atoms with Crippen LogP contribution < -0.4 is 11.1 Å². The zero-order valence-electron chi connectivity index (χ0n) is 8.64. The average Bonchev–Trinajstić information content (AvgIpc) is 2.12. The van der Waals surface area contributed by atoms with Crippen LogP contribution in [0.2, 0.25) is 0 Å². The molecule has 4 heteroatoms. The fourth-order valence-electron chi connectivity index (χ4n) is 0.910. The number of hydrogen-bond donors (Lipinski definition) is 2. The lowest BCUT2D eigenvalue weighted by Crippen LogP contribution is -2.26. The highest BCUT2D eigenvalue weighted by atomic mass is 16.1. The maximum atomic E-state index is 11.1. The van der Waals surface area contributed by atoms with Crippen LogP contribution in [0.1, 0.15) is 26.2 Å². The van der Waals surface area contributed by atoms with Crippen molar-refractivity contribution in [2.24, 2.45) is 5.73 Å². The Balaban J connectivity index is 3.42. The summed E-state index contributed by atoms with van der Waals surface area (Å²) in [5, 5.41) is 2.68. The van der Waals surface area contributed by atoms with E-state index in [4.69, 9.17) is 5.73 Å². The molecule has 0 radical (unpaired) electrons. The van der Waals surface area contributed by atoms with E-state index in [1.54, 1.807) is 6.92 Å². The number of nitrogens with one attached hydrogen (secondary N) is 1. The van der Waals surface area contributed by atoms with Crippen LogP contribution in [0, 0.1) is 0 Å². The molecular formula is C10H18N2O2. The van der Waals surface area contributed by atoms with Gasteiger partial charge in [0.05, 0.1) is 0 Å². The third kappa shape index (κ3) is 6.37. The number of Topliss-reactive ketones (excluding diaryl/α,β-unsaturated/α-hetero) is 1. The quantitative estimate of drug-likeness (QED) is 0.459. The van der Waals surface area contributed by atoms with Gasteiger partial charge in [-0.05, 0) is 18.9 Å². The van der Waals surface area contributed by atoms with Gasteiger partial charge in [0.2, 0.25) is 5.91 Å². The molecule has 14 heavy (non-hydrogen) atoms. The van der Waals surface area contributed by atoms with Crippen molar-refractivity contribution in [1.82, 2.24) is 5.32 Å². The molecule has 0 aliphatic rings. The number of rotatable bonds is 7. The van der Waals surface area contributed by atoms with Gasteiger partial charge < -0.3 is 11.1 Å². The van der Waals surface area contributed by atoms with Gasteiger partial charge in [0.15, 0.2) is 5.78 Å². The van der Waals surface area contributed by atoms with Crippen LogP contribution in [0.5, 0.6) is 0 Å². The summed E-state index contributed by atoms with van der Waals surface area (Å²) in [5.74, 6) is -0.00616. The molecule has 0 saturated carbocycles. The first kappa shape index (κ1) is 12.8. The molecule has 80 valence electrons. The lowest BCUT2D eigenvalue weighted by Gasteiger charge is -2.03. The van der Waals surface area contributed by atoms with Gasteiger partial charge >= 0.3 is 0 Å². The Morgan fingerprint density at radius 1 is 1.36 bits per heavy atom. The molecule has 0 spiro atoms. The van der Waals surface area contributed by atoms with E-state index >= 15 is 0 Å². The van der Waals surface area contributed by atoms with Crippen LogP contribution in [-0.2, 0) is 9.59 Å². The normalized spacial score (nSPS) is 9.57. The van der Waals surface area contributed by atoms with Crippen LogP contribution in [0.15, 0.2) is 12.2 Å². The van der Waals surface area contributed by atoms with Crippen molar-refractivity contribution in [2.75, 3.05) is 13.1 Å². The fraction of sp³-hybridized carbons (Fsp3) is 0.600. The smallest absolute Gasteiger partial charge is 0.221 e. The number of hydrogen-bond acceptors (Lipinski definition) is 3. The first-order chi connectivity index (χ1) is 6.57. The summed E-state index contributed by atoms with van der Waals surface area (Å²) in [6.07, 6.45) is 1.44. The summed E-state index contributed by atoms with van der Waals surface area (Å²) in [4.78, 5) is 22.0. The number of ketones is 1. The maximum Gasteiger partial charge on any atom is 0.221 e. The largest absolute Gasteiger partial charge is 0.356 e. The summed E-state index contributed by atoms with van der Waals surface area (Å²) < 4.78 is 0. The maximum absolute atomic E-state index is 11.1. The first-order valence-electron chi connectivity index (χ1n) is 4.73. The van der Waals surface area contributed by atoms with Gasteiger partial charge in [-0.1, -0.05) is 6.58 Å². The molecule has 0 heterocycles. The van der Waals surface area contributed by atoms with Gasteiger partial charge in [0, 0.05) is 25.9 Å². The average molecular weight is 198 g/mol. The zero-order chi connectivity index (χ0) is 11.0. The van der Waals surface area contributed by atoms with Crippen molar-refractivity contribution in [3.8, 4) is 0 Å². The van der Waals surface area contributed by atoms with E-state index in [1.807, 2.05) is 0 Å². The molecule has 0 saturated heterocycles. The topological polar surface area (TPSA) is 72.2 Å². The molecule has 0 aliphatic carbocycles. The van der Waals surface area contributed by atoms with E-state index < -0.39 is 0 Å².